The Hall–Kier alpha value is -2.08. The van der Waals surface area contributed by atoms with E-state index in [0.29, 0.717) is 23.7 Å². The van der Waals surface area contributed by atoms with Gasteiger partial charge in [0.2, 0.25) is 0 Å². The number of nitrogens with zero attached hydrogens (tertiary/aromatic N) is 1. The van der Waals surface area contributed by atoms with Crippen LogP contribution in [0.1, 0.15) is 29.9 Å². The summed E-state index contributed by atoms with van der Waals surface area (Å²) in [6.07, 6.45) is 0.669. The molecular weight excluding hydrogens is 364 g/mol. The summed E-state index contributed by atoms with van der Waals surface area (Å²) in [6.45, 7) is 2.31. The van der Waals surface area contributed by atoms with Crippen LogP contribution in [0.5, 0.6) is 5.75 Å². The Morgan fingerprint density at radius 2 is 2.07 bits per heavy atom. The van der Waals surface area contributed by atoms with Crippen molar-refractivity contribution in [1.82, 2.24) is 4.90 Å². The van der Waals surface area contributed by atoms with Crippen LogP contribution in [0.15, 0.2) is 48.5 Å². The second-order valence-electron chi connectivity index (χ2n) is 7.52. The number of piperidine rings is 1. The molecule has 2 heterocycles. The Balaban J connectivity index is 1.64. The Bertz CT molecular complexity index is 845. The first kappa shape index (κ1) is 18.3. The molecular formula is C21H23ClN2O3. The molecule has 5 nitrogen and oxygen atoms in total. The predicted molar refractivity (Wildman–Crippen MR) is 104 cm³/mol. The largest absolute Gasteiger partial charge is 0.481 e. The number of carboxylic acid groups (broad SMARTS) is 1. The van der Waals surface area contributed by atoms with E-state index in [1.54, 1.807) is 12.1 Å². The van der Waals surface area contributed by atoms with Gasteiger partial charge in [0, 0.05) is 42.9 Å². The molecule has 2 aliphatic rings. The highest BCUT2D eigenvalue weighted by Crippen LogP contribution is 2.48. The lowest BCUT2D eigenvalue weighted by Crippen LogP contribution is -2.64. The van der Waals surface area contributed by atoms with E-state index in [2.05, 4.69) is 17.0 Å². The summed E-state index contributed by atoms with van der Waals surface area (Å²) in [4.78, 5) is 13.9. The molecule has 0 aliphatic carbocycles. The van der Waals surface area contributed by atoms with Gasteiger partial charge in [-0.2, -0.15) is 0 Å². The smallest absolute Gasteiger partial charge is 0.303 e. The summed E-state index contributed by atoms with van der Waals surface area (Å²) in [5, 5.41) is 10.1. The van der Waals surface area contributed by atoms with Crippen LogP contribution in [0.4, 0.5) is 0 Å². The van der Waals surface area contributed by atoms with Crippen LogP contribution in [0.25, 0.3) is 0 Å². The Labute approximate surface area is 163 Å². The van der Waals surface area contributed by atoms with Crippen molar-refractivity contribution in [3.8, 4) is 5.75 Å². The lowest BCUT2D eigenvalue weighted by Gasteiger charge is -2.51. The second kappa shape index (κ2) is 7.15. The van der Waals surface area contributed by atoms with Gasteiger partial charge in [-0.05, 0) is 29.3 Å². The number of aliphatic carboxylic acids is 1. The molecule has 3 unspecified atom stereocenters. The monoisotopic (exact) mass is 386 g/mol. The minimum atomic E-state index is -0.853. The van der Waals surface area contributed by atoms with Gasteiger partial charge in [0.15, 0.2) is 5.72 Å². The second-order valence-corrected chi connectivity index (χ2v) is 7.96. The van der Waals surface area contributed by atoms with Crippen molar-refractivity contribution in [3.05, 3.63) is 64.7 Å². The molecule has 1 fully saturated rings. The summed E-state index contributed by atoms with van der Waals surface area (Å²) in [5.41, 5.74) is 7.89. The Morgan fingerprint density at radius 3 is 2.81 bits per heavy atom. The molecule has 0 radical (unpaired) electrons. The van der Waals surface area contributed by atoms with Crippen LogP contribution in [-0.4, -0.2) is 34.8 Å². The number of carbonyl (C=O) groups is 1. The average Bonchev–Trinajstić information content (AvgIpc) is 2.63. The van der Waals surface area contributed by atoms with E-state index in [0.717, 1.165) is 18.7 Å². The molecule has 0 bridgehead atoms. The van der Waals surface area contributed by atoms with Gasteiger partial charge in [-0.1, -0.05) is 41.9 Å². The Morgan fingerprint density at radius 1 is 1.30 bits per heavy atom. The normalized spacial score (nSPS) is 27.3. The lowest BCUT2D eigenvalue weighted by molar-refractivity contribution is -0.139. The van der Waals surface area contributed by atoms with Gasteiger partial charge in [0.25, 0.3) is 0 Å². The first-order chi connectivity index (χ1) is 12.9. The molecule has 0 amide bonds. The fraction of sp³-hybridized carbons (Fsp3) is 0.381. The maximum absolute atomic E-state index is 11.6. The summed E-state index contributed by atoms with van der Waals surface area (Å²) in [5.74, 6) is -0.526. The third-order valence-corrected chi connectivity index (χ3v) is 5.94. The molecule has 3 N–H and O–H groups in total. The van der Waals surface area contributed by atoms with E-state index in [9.17, 15) is 9.90 Å². The third-order valence-electron chi connectivity index (χ3n) is 5.70. The highest BCUT2D eigenvalue weighted by atomic mass is 35.5. The van der Waals surface area contributed by atoms with Crippen molar-refractivity contribution < 1.29 is 14.6 Å². The number of halogens is 1. The van der Waals surface area contributed by atoms with E-state index in [4.69, 9.17) is 22.1 Å². The van der Waals surface area contributed by atoms with Crippen molar-refractivity contribution in [2.45, 2.75) is 31.0 Å². The van der Waals surface area contributed by atoms with Crippen molar-refractivity contribution in [2.24, 2.45) is 11.7 Å². The molecule has 4 rings (SSSR count). The van der Waals surface area contributed by atoms with Crippen molar-refractivity contribution in [1.29, 1.82) is 0 Å². The van der Waals surface area contributed by atoms with Crippen LogP contribution < -0.4 is 10.5 Å². The molecule has 2 aromatic carbocycles. The van der Waals surface area contributed by atoms with E-state index < -0.39 is 11.7 Å². The fourth-order valence-electron chi connectivity index (χ4n) is 4.39. The minimum Gasteiger partial charge on any atom is -0.481 e. The van der Waals surface area contributed by atoms with Gasteiger partial charge >= 0.3 is 5.97 Å². The van der Waals surface area contributed by atoms with Gasteiger partial charge in [-0.3, -0.25) is 15.4 Å². The highest BCUT2D eigenvalue weighted by molar-refractivity contribution is 6.30. The van der Waals surface area contributed by atoms with Gasteiger partial charge in [0.05, 0.1) is 6.42 Å². The van der Waals surface area contributed by atoms with Crippen LogP contribution in [0, 0.1) is 5.92 Å². The molecule has 2 aliphatic heterocycles. The number of fused-ring (bicyclic) bond motifs is 2. The number of ether oxygens (including phenoxy) is 1. The van der Waals surface area contributed by atoms with Crippen molar-refractivity contribution in [2.75, 3.05) is 13.1 Å². The molecule has 6 heteroatoms. The highest BCUT2D eigenvalue weighted by Gasteiger charge is 2.50. The number of nitrogens with two attached hydrogens (primary N) is 1. The number of hydrogen-bond donors (Lipinski definition) is 2. The van der Waals surface area contributed by atoms with Gasteiger partial charge in [-0.25, -0.2) is 0 Å². The zero-order chi connectivity index (χ0) is 19.0. The van der Waals surface area contributed by atoms with E-state index in [1.165, 1.54) is 5.56 Å². The van der Waals surface area contributed by atoms with Crippen LogP contribution in [-0.2, 0) is 11.3 Å². The number of benzene rings is 2. The maximum Gasteiger partial charge on any atom is 0.303 e. The zero-order valence-corrected chi connectivity index (χ0v) is 15.7. The van der Waals surface area contributed by atoms with Crippen LogP contribution in [0.2, 0.25) is 5.02 Å². The van der Waals surface area contributed by atoms with Gasteiger partial charge in [0.1, 0.15) is 5.75 Å². The first-order valence-electron chi connectivity index (χ1n) is 9.20. The quantitative estimate of drug-likeness (QED) is 0.841. The predicted octanol–water partition coefficient (Wildman–Crippen LogP) is 3.47. The number of carboxylic acids is 1. The topological polar surface area (TPSA) is 75.8 Å². The minimum absolute atomic E-state index is 0.0134. The zero-order valence-electron chi connectivity index (χ0n) is 15.0. The summed E-state index contributed by atoms with van der Waals surface area (Å²) in [7, 11) is 0. The molecule has 0 saturated carbocycles. The van der Waals surface area contributed by atoms with Gasteiger partial charge in [-0.15, -0.1) is 0 Å². The maximum atomic E-state index is 11.6. The molecule has 2 aromatic rings. The molecule has 142 valence electrons. The molecule has 0 aromatic heterocycles. The van der Waals surface area contributed by atoms with E-state index in [-0.39, 0.29) is 18.3 Å². The van der Waals surface area contributed by atoms with Crippen LogP contribution >= 0.6 is 11.6 Å². The lowest BCUT2D eigenvalue weighted by atomic mass is 9.72. The fourth-order valence-corrected chi connectivity index (χ4v) is 4.57. The third kappa shape index (κ3) is 3.68. The summed E-state index contributed by atoms with van der Waals surface area (Å²) in [6, 6.07) is 15.6. The number of rotatable bonds is 4. The van der Waals surface area contributed by atoms with Gasteiger partial charge < -0.3 is 9.84 Å². The molecule has 3 atom stereocenters. The Kier molecular flexibility index (Phi) is 4.84. The average molecular weight is 387 g/mol. The summed E-state index contributed by atoms with van der Waals surface area (Å²) < 4.78 is 6.19. The van der Waals surface area contributed by atoms with E-state index >= 15 is 0 Å². The van der Waals surface area contributed by atoms with Crippen LogP contribution in [0.3, 0.4) is 0 Å². The molecule has 27 heavy (non-hydrogen) atoms. The van der Waals surface area contributed by atoms with E-state index in [1.807, 2.05) is 24.3 Å². The summed E-state index contributed by atoms with van der Waals surface area (Å²) >= 11 is 6.18. The number of hydrogen-bond acceptors (Lipinski definition) is 4. The van der Waals surface area contributed by atoms with Crippen molar-refractivity contribution >= 4 is 17.6 Å². The number of likely N-dealkylation sites (tertiary alicyclic amines) is 1. The molecule has 1 saturated heterocycles. The van der Waals surface area contributed by atoms with Crippen molar-refractivity contribution in [3.63, 3.8) is 0 Å². The SMILES string of the molecule is NC12CCN(Cc3ccccc3)CC1C(CC(=O)O)c1cc(Cl)ccc1O2. The molecule has 0 spiro atoms. The first-order valence-corrected chi connectivity index (χ1v) is 9.58. The standard InChI is InChI=1S/C21H23ClN2O3/c22-15-6-7-19-17(10-15)16(11-20(25)26)18-13-24(9-8-21(18,23)27-19)12-14-4-2-1-3-5-14/h1-7,10,16,18H,8-9,11-13,23H2,(H,25,26).